The Morgan fingerprint density at radius 2 is 1.95 bits per heavy atom. The lowest BCUT2D eigenvalue weighted by molar-refractivity contribution is -0.124. The number of ether oxygens (including phenoxy) is 2. The molecule has 0 aliphatic heterocycles. The first-order valence-electron chi connectivity index (χ1n) is 7.22. The molecule has 3 N–H and O–H groups in total. The molecular weight excluding hydrogens is 268 g/mol. The van der Waals surface area contributed by atoms with Gasteiger partial charge in [-0.05, 0) is 25.0 Å². The van der Waals surface area contributed by atoms with Crippen LogP contribution < -0.4 is 20.5 Å². The van der Waals surface area contributed by atoms with Gasteiger partial charge in [0.05, 0.1) is 26.3 Å². The lowest BCUT2D eigenvalue weighted by Crippen LogP contribution is -2.45. The van der Waals surface area contributed by atoms with Crippen LogP contribution in [0.3, 0.4) is 0 Å². The van der Waals surface area contributed by atoms with Crippen LogP contribution in [0.4, 0.5) is 0 Å². The molecule has 1 aromatic rings. The van der Waals surface area contributed by atoms with Crippen molar-refractivity contribution >= 4 is 5.91 Å². The van der Waals surface area contributed by atoms with E-state index in [-0.39, 0.29) is 17.9 Å². The predicted molar refractivity (Wildman–Crippen MR) is 83.5 cm³/mol. The van der Waals surface area contributed by atoms with Crippen LogP contribution in [-0.4, -0.2) is 26.2 Å². The number of hydrogen-bond donors (Lipinski definition) is 2. The van der Waals surface area contributed by atoms with Gasteiger partial charge in [0.1, 0.15) is 11.5 Å². The minimum absolute atomic E-state index is 0.144. The molecule has 1 rings (SSSR count). The maximum absolute atomic E-state index is 12.1. The molecule has 0 aliphatic carbocycles. The summed E-state index contributed by atoms with van der Waals surface area (Å²) >= 11 is 0. The largest absolute Gasteiger partial charge is 0.497 e. The molecule has 0 aliphatic rings. The van der Waals surface area contributed by atoms with E-state index in [2.05, 4.69) is 5.32 Å². The average molecular weight is 294 g/mol. The summed E-state index contributed by atoms with van der Waals surface area (Å²) in [5, 5.41) is 2.94. The second kappa shape index (κ2) is 7.88. The molecule has 118 valence electrons. The van der Waals surface area contributed by atoms with Gasteiger partial charge >= 0.3 is 0 Å². The van der Waals surface area contributed by atoms with Crippen LogP contribution >= 0.6 is 0 Å². The summed E-state index contributed by atoms with van der Waals surface area (Å²) in [6.45, 7) is 5.90. The number of amides is 1. The fraction of sp³-hybridized carbons (Fsp3) is 0.562. The Kier molecular flexibility index (Phi) is 6.49. The Bertz CT molecular complexity index is 477. The van der Waals surface area contributed by atoms with Gasteiger partial charge < -0.3 is 20.5 Å². The van der Waals surface area contributed by atoms with Crippen molar-refractivity contribution in [1.29, 1.82) is 0 Å². The van der Waals surface area contributed by atoms with Gasteiger partial charge in [0.15, 0.2) is 0 Å². The van der Waals surface area contributed by atoms with E-state index >= 15 is 0 Å². The third kappa shape index (κ3) is 4.36. The highest BCUT2D eigenvalue weighted by Crippen LogP contribution is 2.29. The van der Waals surface area contributed by atoms with Crippen molar-refractivity contribution in [3.63, 3.8) is 0 Å². The van der Waals surface area contributed by atoms with Crippen LogP contribution in [0.15, 0.2) is 18.2 Å². The average Bonchev–Trinajstić information content (AvgIpc) is 2.52. The fourth-order valence-corrected chi connectivity index (χ4v) is 2.08. The summed E-state index contributed by atoms with van der Waals surface area (Å²) in [5.41, 5.74) is 6.84. The highest BCUT2D eigenvalue weighted by atomic mass is 16.5. The van der Waals surface area contributed by atoms with Crippen molar-refractivity contribution in [3.8, 4) is 11.5 Å². The van der Waals surface area contributed by atoms with Crippen molar-refractivity contribution in [1.82, 2.24) is 5.32 Å². The first-order valence-corrected chi connectivity index (χ1v) is 7.22. The zero-order chi connectivity index (χ0) is 16.0. The van der Waals surface area contributed by atoms with Crippen molar-refractivity contribution in [2.24, 2.45) is 11.7 Å². The van der Waals surface area contributed by atoms with Crippen LogP contribution in [-0.2, 0) is 4.79 Å². The van der Waals surface area contributed by atoms with E-state index < -0.39 is 6.04 Å². The van der Waals surface area contributed by atoms with Crippen molar-refractivity contribution in [3.05, 3.63) is 23.8 Å². The number of carbonyl (C=O) groups is 1. The van der Waals surface area contributed by atoms with E-state index in [1.807, 2.05) is 32.9 Å². The number of nitrogens with two attached hydrogens (primary N) is 1. The van der Waals surface area contributed by atoms with Gasteiger partial charge in [0, 0.05) is 11.6 Å². The Morgan fingerprint density at radius 3 is 2.48 bits per heavy atom. The van der Waals surface area contributed by atoms with Gasteiger partial charge in [0.25, 0.3) is 0 Å². The molecule has 0 saturated heterocycles. The zero-order valence-corrected chi connectivity index (χ0v) is 13.5. The molecule has 0 radical (unpaired) electrons. The maximum atomic E-state index is 12.1. The molecule has 5 heteroatoms. The number of hydrogen-bond acceptors (Lipinski definition) is 4. The summed E-state index contributed by atoms with van der Waals surface area (Å²) in [6, 6.07) is 4.84. The van der Waals surface area contributed by atoms with Gasteiger partial charge in [-0.25, -0.2) is 0 Å². The SMILES string of the molecule is CCC(C)[C@H](N)C(=O)NC(C)c1ccc(OC)cc1OC. The van der Waals surface area contributed by atoms with Crippen LogP contribution in [0.1, 0.15) is 38.8 Å². The third-order valence-electron chi connectivity index (χ3n) is 3.83. The summed E-state index contributed by atoms with van der Waals surface area (Å²) in [6.07, 6.45) is 0.870. The molecular formula is C16H26N2O3. The Labute approximate surface area is 126 Å². The second-order valence-corrected chi connectivity index (χ2v) is 5.25. The highest BCUT2D eigenvalue weighted by molar-refractivity contribution is 5.82. The predicted octanol–water partition coefficient (Wildman–Crippen LogP) is 2.25. The molecule has 0 saturated carbocycles. The van der Waals surface area contributed by atoms with Crippen LogP contribution in [0.2, 0.25) is 0 Å². The van der Waals surface area contributed by atoms with E-state index in [4.69, 9.17) is 15.2 Å². The molecule has 0 spiro atoms. The number of benzene rings is 1. The quantitative estimate of drug-likeness (QED) is 0.809. The monoisotopic (exact) mass is 294 g/mol. The van der Waals surface area contributed by atoms with E-state index in [0.717, 1.165) is 12.0 Å². The number of nitrogens with one attached hydrogen (secondary N) is 1. The zero-order valence-electron chi connectivity index (χ0n) is 13.5. The van der Waals surface area contributed by atoms with Gasteiger partial charge in [-0.1, -0.05) is 20.3 Å². The van der Waals surface area contributed by atoms with Gasteiger partial charge in [-0.15, -0.1) is 0 Å². The maximum Gasteiger partial charge on any atom is 0.237 e. The van der Waals surface area contributed by atoms with E-state index in [0.29, 0.717) is 11.5 Å². The summed E-state index contributed by atoms with van der Waals surface area (Å²) < 4.78 is 10.5. The highest BCUT2D eigenvalue weighted by Gasteiger charge is 2.22. The summed E-state index contributed by atoms with van der Waals surface area (Å²) in [4.78, 5) is 12.1. The fourth-order valence-electron chi connectivity index (χ4n) is 2.08. The molecule has 1 aromatic carbocycles. The first-order chi connectivity index (χ1) is 9.94. The number of rotatable bonds is 7. The van der Waals surface area contributed by atoms with E-state index in [1.165, 1.54) is 0 Å². The molecule has 0 aromatic heterocycles. The summed E-state index contributed by atoms with van der Waals surface area (Å²) in [7, 11) is 3.20. The molecule has 3 atom stereocenters. The van der Waals surface area contributed by atoms with E-state index in [9.17, 15) is 4.79 Å². The molecule has 0 bridgehead atoms. The lowest BCUT2D eigenvalue weighted by Gasteiger charge is -2.22. The van der Waals surface area contributed by atoms with Gasteiger partial charge in [0.2, 0.25) is 5.91 Å². The number of carbonyl (C=O) groups excluding carboxylic acids is 1. The van der Waals surface area contributed by atoms with Crippen molar-refractivity contribution in [2.75, 3.05) is 14.2 Å². The lowest BCUT2D eigenvalue weighted by atomic mass is 9.98. The smallest absolute Gasteiger partial charge is 0.237 e. The number of methoxy groups -OCH3 is 2. The van der Waals surface area contributed by atoms with Gasteiger partial charge in [-0.2, -0.15) is 0 Å². The topological polar surface area (TPSA) is 73.6 Å². The first kappa shape index (κ1) is 17.3. The molecule has 0 heterocycles. The van der Waals surface area contributed by atoms with E-state index in [1.54, 1.807) is 20.3 Å². The standard InChI is InChI=1S/C16H26N2O3/c1-6-10(2)15(17)16(19)18-11(3)13-8-7-12(20-4)9-14(13)21-5/h7-11,15H,6,17H2,1-5H3,(H,18,19)/t10?,11?,15-/m0/s1. The minimum atomic E-state index is -0.498. The minimum Gasteiger partial charge on any atom is -0.497 e. The Hall–Kier alpha value is -1.75. The summed E-state index contributed by atoms with van der Waals surface area (Å²) in [5.74, 6) is 1.40. The third-order valence-corrected chi connectivity index (χ3v) is 3.83. The van der Waals surface area contributed by atoms with Gasteiger partial charge in [-0.3, -0.25) is 4.79 Å². The Balaban J connectivity index is 2.84. The molecule has 1 amide bonds. The normalized spacial score (nSPS) is 15.0. The second-order valence-electron chi connectivity index (χ2n) is 5.25. The molecule has 2 unspecified atom stereocenters. The molecule has 21 heavy (non-hydrogen) atoms. The molecule has 5 nitrogen and oxygen atoms in total. The van der Waals surface area contributed by atoms with Crippen LogP contribution in [0, 0.1) is 5.92 Å². The van der Waals surface area contributed by atoms with Crippen molar-refractivity contribution in [2.45, 2.75) is 39.3 Å². The van der Waals surface area contributed by atoms with Crippen molar-refractivity contribution < 1.29 is 14.3 Å². The van der Waals surface area contributed by atoms with Crippen LogP contribution in [0.5, 0.6) is 11.5 Å². The van der Waals surface area contributed by atoms with Crippen LogP contribution in [0.25, 0.3) is 0 Å². The Morgan fingerprint density at radius 1 is 1.29 bits per heavy atom. The molecule has 0 fully saturated rings.